The van der Waals surface area contributed by atoms with Crippen LogP contribution in [0.4, 0.5) is 11.6 Å². The van der Waals surface area contributed by atoms with Gasteiger partial charge in [0.05, 0.1) is 5.69 Å². The fourth-order valence-corrected chi connectivity index (χ4v) is 4.17. The van der Waals surface area contributed by atoms with Gasteiger partial charge in [0.2, 0.25) is 16.5 Å². The lowest BCUT2D eigenvalue weighted by molar-refractivity contribution is 0.481. The molecule has 10 nitrogen and oxygen atoms in total. The van der Waals surface area contributed by atoms with E-state index < -0.39 is 30.0 Å². The van der Waals surface area contributed by atoms with Crippen LogP contribution in [0.25, 0.3) is 10.8 Å². The molecule has 1 aromatic heterocycles. The predicted octanol–water partition coefficient (Wildman–Crippen LogP) is 2.57. The standard InChI is InChI=1S/C13H8Cl2N4O6S2/c14-11-17-12(15)19-13(18-11)16-7-4-5-8(26(20,21)22)6-2-1-3-9(10(6)7)27(23,24)25/h1-5H,(H,20,21,22)(H,23,24,25)(H,16,17,18,19). The minimum absolute atomic E-state index is 0.00367. The molecule has 0 radical (unpaired) electrons. The molecule has 14 heteroatoms. The number of hydrogen-bond donors (Lipinski definition) is 3. The SMILES string of the molecule is O=S(=O)(O)c1ccc(Nc2nc(Cl)nc(Cl)n2)c2c(S(=O)(=O)O)cccc12. The maximum absolute atomic E-state index is 11.8. The first-order chi connectivity index (χ1) is 12.5. The number of hydrogen-bond acceptors (Lipinski definition) is 8. The molecule has 0 spiro atoms. The Kier molecular flexibility index (Phi) is 4.96. The molecule has 0 amide bonds. The molecule has 142 valence electrons. The van der Waals surface area contributed by atoms with Crippen LogP contribution in [0.3, 0.4) is 0 Å². The van der Waals surface area contributed by atoms with Gasteiger partial charge >= 0.3 is 0 Å². The highest BCUT2D eigenvalue weighted by molar-refractivity contribution is 7.86. The Morgan fingerprint density at radius 3 is 1.96 bits per heavy atom. The van der Waals surface area contributed by atoms with Crippen LogP contribution >= 0.6 is 23.2 Å². The lowest BCUT2D eigenvalue weighted by Crippen LogP contribution is -2.06. The molecule has 2 aromatic carbocycles. The summed E-state index contributed by atoms with van der Waals surface area (Å²) in [7, 11) is -9.43. The first-order valence-electron chi connectivity index (χ1n) is 6.81. The summed E-state index contributed by atoms with van der Waals surface area (Å²) in [5, 5.41) is 1.77. The normalized spacial score (nSPS) is 12.3. The average Bonchev–Trinajstić information content (AvgIpc) is 2.51. The summed E-state index contributed by atoms with van der Waals surface area (Å²) in [4.78, 5) is 9.94. The summed E-state index contributed by atoms with van der Waals surface area (Å²) < 4.78 is 65.7. The van der Waals surface area contributed by atoms with Crippen molar-refractivity contribution in [3.63, 3.8) is 0 Å². The average molecular weight is 451 g/mol. The molecule has 1 heterocycles. The van der Waals surface area contributed by atoms with Crippen molar-refractivity contribution >= 4 is 65.8 Å². The first kappa shape index (κ1) is 19.7. The molecule has 27 heavy (non-hydrogen) atoms. The van der Waals surface area contributed by atoms with E-state index in [0.29, 0.717) is 0 Å². The van der Waals surface area contributed by atoms with Gasteiger partial charge in [-0.05, 0) is 41.4 Å². The van der Waals surface area contributed by atoms with Crippen molar-refractivity contribution in [1.29, 1.82) is 0 Å². The molecule has 0 aliphatic heterocycles. The van der Waals surface area contributed by atoms with Crippen LogP contribution in [-0.2, 0) is 20.2 Å². The van der Waals surface area contributed by atoms with Crippen molar-refractivity contribution < 1.29 is 25.9 Å². The lowest BCUT2D eigenvalue weighted by atomic mass is 10.1. The van der Waals surface area contributed by atoms with E-state index in [1.54, 1.807) is 0 Å². The fourth-order valence-electron chi connectivity index (χ4n) is 2.39. The van der Waals surface area contributed by atoms with Crippen LogP contribution in [0.15, 0.2) is 40.1 Å². The fraction of sp³-hybridized carbons (Fsp3) is 0. The zero-order chi connectivity index (χ0) is 20.0. The number of nitrogens with zero attached hydrogens (tertiary/aromatic N) is 3. The van der Waals surface area contributed by atoms with Crippen molar-refractivity contribution in [1.82, 2.24) is 15.0 Å². The minimum Gasteiger partial charge on any atom is -0.323 e. The predicted molar refractivity (Wildman–Crippen MR) is 96.7 cm³/mol. The van der Waals surface area contributed by atoms with Gasteiger partial charge in [-0.15, -0.1) is 0 Å². The molecule has 0 bridgehead atoms. The van der Waals surface area contributed by atoms with E-state index >= 15 is 0 Å². The minimum atomic E-state index is -4.74. The second-order valence-electron chi connectivity index (χ2n) is 5.06. The number of anilines is 2. The van der Waals surface area contributed by atoms with Crippen molar-refractivity contribution in [2.45, 2.75) is 9.79 Å². The molecule has 0 aliphatic carbocycles. The number of fused-ring (bicyclic) bond motifs is 1. The number of nitrogens with one attached hydrogen (secondary N) is 1. The van der Waals surface area contributed by atoms with Crippen LogP contribution in [-0.4, -0.2) is 40.9 Å². The Morgan fingerprint density at radius 2 is 1.41 bits per heavy atom. The second-order valence-corrected chi connectivity index (χ2v) is 8.52. The Labute approximate surface area is 162 Å². The number of halogens is 2. The maximum atomic E-state index is 11.8. The highest BCUT2D eigenvalue weighted by atomic mass is 35.5. The number of rotatable bonds is 4. The van der Waals surface area contributed by atoms with E-state index in [4.69, 9.17) is 23.2 Å². The molecule has 0 unspecified atom stereocenters. The van der Waals surface area contributed by atoms with E-state index in [9.17, 15) is 25.9 Å². The quantitative estimate of drug-likeness (QED) is 0.503. The largest absolute Gasteiger partial charge is 0.323 e. The molecule has 3 rings (SSSR count). The van der Waals surface area contributed by atoms with Crippen LogP contribution in [0.5, 0.6) is 0 Å². The van der Waals surface area contributed by atoms with Gasteiger partial charge in [-0.2, -0.15) is 31.8 Å². The zero-order valence-electron chi connectivity index (χ0n) is 12.8. The van der Waals surface area contributed by atoms with Crippen molar-refractivity contribution in [2.75, 3.05) is 5.32 Å². The molecule has 3 aromatic rings. The number of benzene rings is 2. The lowest BCUT2D eigenvalue weighted by Gasteiger charge is -2.13. The van der Waals surface area contributed by atoms with Gasteiger partial charge in [0.1, 0.15) is 9.79 Å². The third-order valence-electron chi connectivity index (χ3n) is 3.35. The summed E-state index contributed by atoms with van der Waals surface area (Å²) in [6.45, 7) is 0. The smallest absolute Gasteiger partial charge is 0.295 e. The van der Waals surface area contributed by atoms with Gasteiger partial charge in [0.15, 0.2) is 0 Å². The summed E-state index contributed by atoms with van der Waals surface area (Å²) in [5.74, 6) is -0.161. The highest BCUT2D eigenvalue weighted by Gasteiger charge is 2.23. The van der Waals surface area contributed by atoms with E-state index in [-0.39, 0.29) is 33.0 Å². The zero-order valence-corrected chi connectivity index (χ0v) is 16.0. The summed E-state index contributed by atoms with van der Waals surface area (Å²) in [5.41, 5.74) is 0.00367. The van der Waals surface area contributed by atoms with E-state index in [1.807, 2.05) is 0 Å². The van der Waals surface area contributed by atoms with Gasteiger partial charge in [-0.25, -0.2) is 0 Å². The van der Waals surface area contributed by atoms with Crippen LogP contribution < -0.4 is 5.32 Å². The molecule has 0 aliphatic rings. The second kappa shape index (κ2) is 6.82. The van der Waals surface area contributed by atoms with Crippen LogP contribution in [0.1, 0.15) is 0 Å². The molecule has 0 saturated carbocycles. The Balaban J connectivity index is 2.36. The molecular weight excluding hydrogens is 443 g/mol. The van der Waals surface area contributed by atoms with E-state index in [2.05, 4.69) is 20.3 Å². The van der Waals surface area contributed by atoms with Gasteiger partial charge in [-0.1, -0.05) is 12.1 Å². The van der Waals surface area contributed by atoms with Gasteiger partial charge < -0.3 is 5.32 Å². The monoisotopic (exact) mass is 450 g/mol. The third-order valence-corrected chi connectivity index (χ3v) is 5.49. The van der Waals surface area contributed by atoms with Crippen LogP contribution in [0, 0.1) is 0 Å². The summed E-state index contributed by atoms with van der Waals surface area (Å²) in [6.07, 6.45) is 0. The van der Waals surface area contributed by atoms with Crippen molar-refractivity contribution in [2.24, 2.45) is 0 Å². The Hall–Kier alpha value is -2.09. The van der Waals surface area contributed by atoms with E-state index in [0.717, 1.165) is 18.2 Å². The highest BCUT2D eigenvalue weighted by Crippen LogP contribution is 2.35. The summed E-state index contributed by atoms with van der Waals surface area (Å²) in [6, 6.07) is 5.72. The van der Waals surface area contributed by atoms with Crippen LogP contribution in [0.2, 0.25) is 10.6 Å². The Bertz CT molecular complexity index is 1260. The topological polar surface area (TPSA) is 159 Å². The third kappa shape index (κ3) is 4.10. The molecule has 0 fully saturated rings. The molecule has 0 saturated heterocycles. The molecule has 3 N–H and O–H groups in total. The molecular formula is C13H8Cl2N4O6S2. The van der Waals surface area contributed by atoms with Crippen molar-refractivity contribution in [3.8, 4) is 0 Å². The van der Waals surface area contributed by atoms with Gasteiger partial charge in [-0.3, -0.25) is 9.11 Å². The van der Waals surface area contributed by atoms with Crippen molar-refractivity contribution in [3.05, 3.63) is 40.9 Å². The maximum Gasteiger partial charge on any atom is 0.295 e. The van der Waals surface area contributed by atoms with Gasteiger partial charge in [0.25, 0.3) is 20.2 Å². The van der Waals surface area contributed by atoms with E-state index in [1.165, 1.54) is 12.1 Å². The van der Waals surface area contributed by atoms with Gasteiger partial charge in [0, 0.05) is 10.8 Å². The number of aromatic nitrogens is 3. The molecule has 0 atom stereocenters. The Morgan fingerprint density at radius 1 is 0.815 bits per heavy atom. The summed E-state index contributed by atoms with van der Waals surface area (Å²) >= 11 is 11.4. The first-order valence-corrected chi connectivity index (χ1v) is 10.5.